The summed E-state index contributed by atoms with van der Waals surface area (Å²) in [5.41, 5.74) is 6.09. The van der Waals surface area contributed by atoms with Gasteiger partial charge in [-0.3, -0.25) is 0 Å². The molecule has 1 aliphatic heterocycles. The molecule has 0 spiro atoms. The first-order valence-corrected chi connectivity index (χ1v) is 4.27. The van der Waals surface area contributed by atoms with Gasteiger partial charge in [0.1, 0.15) is 5.69 Å². The number of rotatable bonds is 0. The molecule has 1 aliphatic rings. The number of nitrogens with zero attached hydrogens (tertiary/aromatic N) is 4. The summed E-state index contributed by atoms with van der Waals surface area (Å²) in [6, 6.07) is 0. The minimum absolute atomic E-state index is 0.325. The average Bonchev–Trinajstić information content (AvgIpc) is 2.45. The zero-order valence-electron chi connectivity index (χ0n) is 7.40. The third kappa shape index (κ3) is 1.07. The van der Waals surface area contributed by atoms with Gasteiger partial charge in [0.05, 0.1) is 6.33 Å². The van der Waals surface area contributed by atoms with Gasteiger partial charge in [0, 0.05) is 14.1 Å². The number of aliphatic imine (C=N–C) groups is 1. The quantitative estimate of drug-likeness (QED) is 0.490. The van der Waals surface area contributed by atoms with Gasteiger partial charge in [-0.2, -0.15) is 4.99 Å². The van der Waals surface area contributed by atoms with Crippen molar-refractivity contribution in [2.24, 2.45) is 17.8 Å². The lowest BCUT2D eigenvalue weighted by atomic mass is 10.3. The van der Waals surface area contributed by atoms with Gasteiger partial charge in [-0.1, -0.05) is 11.6 Å². The fourth-order valence-corrected chi connectivity index (χ4v) is 1.49. The molecule has 0 bridgehead atoms. The summed E-state index contributed by atoms with van der Waals surface area (Å²) < 4.78 is 1.80. The van der Waals surface area contributed by atoms with Crippen molar-refractivity contribution in [1.82, 2.24) is 14.5 Å². The number of hydrogen-bond donors (Lipinski definition) is 1. The van der Waals surface area contributed by atoms with Crippen LogP contribution in [-0.2, 0) is 7.05 Å². The minimum Gasteiger partial charge on any atom is -0.369 e. The Balaban J connectivity index is 2.58. The Kier molecular flexibility index (Phi) is 1.69. The van der Waals surface area contributed by atoms with E-state index in [1.807, 2.05) is 7.05 Å². The van der Waals surface area contributed by atoms with Crippen LogP contribution >= 0.6 is 11.6 Å². The van der Waals surface area contributed by atoms with Crippen molar-refractivity contribution < 1.29 is 0 Å². The minimum atomic E-state index is -0.325. The van der Waals surface area contributed by atoms with E-state index in [2.05, 4.69) is 9.98 Å². The summed E-state index contributed by atoms with van der Waals surface area (Å²) in [5, 5.41) is 0. The van der Waals surface area contributed by atoms with Crippen LogP contribution in [0.1, 0.15) is 11.2 Å². The first kappa shape index (κ1) is 8.37. The summed E-state index contributed by atoms with van der Waals surface area (Å²) >= 11 is 6.10. The Bertz CT molecular complexity index is 369. The first-order valence-electron chi connectivity index (χ1n) is 3.83. The lowest BCUT2D eigenvalue weighted by molar-refractivity contribution is 0.459. The number of guanidine groups is 1. The standard InChI is InChI=1S/C7H10ClN5/c1-12-3-10-4-5(8)13(2)7(9)11-6(4)12/h3,5H,1-2H3,(H2,9,11). The van der Waals surface area contributed by atoms with E-state index < -0.39 is 0 Å². The Morgan fingerprint density at radius 1 is 1.54 bits per heavy atom. The van der Waals surface area contributed by atoms with E-state index in [0.717, 1.165) is 11.5 Å². The lowest BCUT2D eigenvalue weighted by Crippen LogP contribution is -2.37. The smallest absolute Gasteiger partial charge is 0.199 e. The molecular formula is C7H10ClN5. The molecule has 0 saturated heterocycles. The largest absolute Gasteiger partial charge is 0.369 e. The summed E-state index contributed by atoms with van der Waals surface area (Å²) in [4.78, 5) is 10.00. The molecule has 0 saturated carbocycles. The summed E-state index contributed by atoms with van der Waals surface area (Å²) in [5.74, 6) is 1.15. The first-order chi connectivity index (χ1) is 6.11. The molecule has 2 N–H and O–H groups in total. The predicted molar refractivity (Wildman–Crippen MR) is 50.8 cm³/mol. The number of aromatic nitrogens is 2. The summed E-state index contributed by atoms with van der Waals surface area (Å²) in [6.07, 6.45) is 1.68. The van der Waals surface area contributed by atoms with Crippen molar-refractivity contribution in [3.63, 3.8) is 0 Å². The van der Waals surface area contributed by atoms with E-state index in [-0.39, 0.29) is 5.50 Å². The average molecular weight is 200 g/mol. The molecule has 1 unspecified atom stereocenters. The van der Waals surface area contributed by atoms with Crippen molar-refractivity contribution in [2.45, 2.75) is 5.50 Å². The zero-order chi connectivity index (χ0) is 9.59. The monoisotopic (exact) mass is 199 g/mol. The molecule has 0 radical (unpaired) electrons. The molecule has 5 nitrogen and oxygen atoms in total. The Labute approximate surface area is 80.8 Å². The molecule has 1 aromatic heterocycles. The van der Waals surface area contributed by atoms with Gasteiger partial charge in [-0.25, -0.2) is 4.98 Å². The van der Waals surface area contributed by atoms with Crippen LogP contribution in [-0.4, -0.2) is 27.5 Å². The fourth-order valence-electron chi connectivity index (χ4n) is 1.23. The van der Waals surface area contributed by atoms with Gasteiger partial charge in [-0.05, 0) is 0 Å². The van der Waals surface area contributed by atoms with Crippen molar-refractivity contribution in [3.8, 4) is 0 Å². The normalized spacial score (nSPS) is 21.3. The molecule has 6 heteroatoms. The van der Waals surface area contributed by atoms with Gasteiger partial charge in [0.25, 0.3) is 0 Å². The molecule has 1 aromatic rings. The van der Waals surface area contributed by atoms with Gasteiger partial charge in [-0.15, -0.1) is 0 Å². The zero-order valence-corrected chi connectivity index (χ0v) is 8.15. The molecular weight excluding hydrogens is 190 g/mol. The number of hydrogen-bond acceptors (Lipinski definition) is 4. The van der Waals surface area contributed by atoms with E-state index in [9.17, 15) is 0 Å². The molecule has 2 heterocycles. The molecule has 0 aromatic carbocycles. The molecule has 2 rings (SSSR count). The molecule has 0 amide bonds. The van der Waals surface area contributed by atoms with E-state index in [0.29, 0.717) is 5.96 Å². The SMILES string of the molecule is CN1C(N)=Nc2c(ncn2C)C1Cl. The Morgan fingerprint density at radius 3 is 2.92 bits per heavy atom. The Morgan fingerprint density at radius 2 is 2.23 bits per heavy atom. The van der Waals surface area contributed by atoms with Crippen LogP contribution in [0.4, 0.5) is 5.82 Å². The third-order valence-corrected chi connectivity index (χ3v) is 2.58. The van der Waals surface area contributed by atoms with Gasteiger partial charge in [0.2, 0.25) is 0 Å². The number of alkyl halides is 1. The predicted octanol–water partition coefficient (Wildman–Crippen LogP) is 0.549. The molecule has 0 fully saturated rings. The van der Waals surface area contributed by atoms with Crippen molar-refractivity contribution in [3.05, 3.63) is 12.0 Å². The van der Waals surface area contributed by atoms with Gasteiger partial charge in [0.15, 0.2) is 17.3 Å². The maximum Gasteiger partial charge on any atom is 0.199 e. The van der Waals surface area contributed by atoms with E-state index in [1.165, 1.54) is 0 Å². The third-order valence-electron chi connectivity index (χ3n) is 2.08. The molecule has 13 heavy (non-hydrogen) atoms. The maximum absolute atomic E-state index is 6.10. The highest BCUT2D eigenvalue weighted by molar-refractivity contribution is 6.22. The van der Waals surface area contributed by atoms with E-state index in [1.54, 1.807) is 22.8 Å². The van der Waals surface area contributed by atoms with Crippen LogP contribution in [0.25, 0.3) is 0 Å². The van der Waals surface area contributed by atoms with Crippen LogP contribution < -0.4 is 5.73 Å². The highest BCUT2D eigenvalue weighted by Crippen LogP contribution is 2.33. The lowest BCUT2D eigenvalue weighted by Gasteiger charge is -2.26. The van der Waals surface area contributed by atoms with Crippen molar-refractivity contribution in [2.75, 3.05) is 7.05 Å². The second-order valence-electron chi connectivity index (χ2n) is 2.98. The number of halogens is 1. The number of aryl methyl sites for hydroxylation is 1. The van der Waals surface area contributed by atoms with Crippen LogP contribution in [0.3, 0.4) is 0 Å². The van der Waals surface area contributed by atoms with Crippen LogP contribution in [0.15, 0.2) is 11.3 Å². The second-order valence-corrected chi connectivity index (χ2v) is 3.39. The van der Waals surface area contributed by atoms with Crippen LogP contribution in [0.5, 0.6) is 0 Å². The van der Waals surface area contributed by atoms with Crippen LogP contribution in [0.2, 0.25) is 0 Å². The fraction of sp³-hybridized carbons (Fsp3) is 0.429. The topological polar surface area (TPSA) is 59.4 Å². The molecule has 70 valence electrons. The highest BCUT2D eigenvalue weighted by atomic mass is 35.5. The number of fused-ring (bicyclic) bond motifs is 1. The highest BCUT2D eigenvalue weighted by Gasteiger charge is 2.27. The maximum atomic E-state index is 6.10. The molecule has 0 aliphatic carbocycles. The summed E-state index contributed by atoms with van der Waals surface area (Å²) in [6.45, 7) is 0. The van der Waals surface area contributed by atoms with Crippen LogP contribution in [0, 0.1) is 0 Å². The molecule has 1 atom stereocenters. The number of nitrogens with two attached hydrogens (primary N) is 1. The summed E-state index contributed by atoms with van der Waals surface area (Å²) in [7, 11) is 3.64. The van der Waals surface area contributed by atoms with Gasteiger partial charge >= 0.3 is 0 Å². The number of imidazole rings is 1. The Hall–Kier alpha value is -1.23. The van der Waals surface area contributed by atoms with E-state index in [4.69, 9.17) is 17.3 Å². The van der Waals surface area contributed by atoms with E-state index >= 15 is 0 Å². The van der Waals surface area contributed by atoms with Crippen molar-refractivity contribution >= 4 is 23.4 Å². The van der Waals surface area contributed by atoms with Crippen molar-refractivity contribution in [1.29, 1.82) is 0 Å². The van der Waals surface area contributed by atoms with Gasteiger partial charge < -0.3 is 15.2 Å². The second kappa shape index (κ2) is 2.63.